The quantitative estimate of drug-likeness (QED) is 0.849. The predicted molar refractivity (Wildman–Crippen MR) is 91.7 cm³/mol. The number of piperazine rings is 1. The molecule has 0 saturated carbocycles. The Labute approximate surface area is 140 Å². The minimum atomic E-state index is 0.153. The van der Waals surface area contributed by atoms with Crippen LogP contribution in [0.2, 0.25) is 5.02 Å². The van der Waals surface area contributed by atoms with Crippen LogP contribution in [0.4, 0.5) is 0 Å². The van der Waals surface area contributed by atoms with Gasteiger partial charge >= 0.3 is 0 Å². The van der Waals surface area contributed by atoms with Gasteiger partial charge in [0.2, 0.25) is 0 Å². The maximum absolute atomic E-state index is 12.4. The van der Waals surface area contributed by atoms with Crippen LogP contribution in [-0.4, -0.2) is 41.9 Å². The minimum Gasteiger partial charge on any atom is -0.335 e. The average molecular weight is 335 g/mol. The average Bonchev–Trinajstić information content (AvgIpc) is 3.09. The molecule has 1 atom stereocenters. The summed E-state index contributed by atoms with van der Waals surface area (Å²) in [4.78, 5) is 17.5. The Balaban J connectivity index is 1.62. The summed E-state index contributed by atoms with van der Waals surface area (Å²) < 4.78 is 0. The van der Waals surface area contributed by atoms with Crippen molar-refractivity contribution in [1.82, 2.24) is 9.80 Å². The number of carbonyl (C=O) groups excluding carboxylic acids is 1. The van der Waals surface area contributed by atoms with Crippen LogP contribution in [0.5, 0.6) is 0 Å². The van der Waals surface area contributed by atoms with E-state index in [4.69, 9.17) is 11.6 Å². The van der Waals surface area contributed by atoms with Crippen molar-refractivity contribution < 1.29 is 4.79 Å². The van der Waals surface area contributed by atoms with Gasteiger partial charge in [-0.3, -0.25) is 9.69 Å². The van der Waals surface area contributed by atoms with E-state index in [2.05, 4.69) is 17.9 Å². The highest BCUT2D eigenvalue weighted by Gasteiger charge is 2.26. The maximum atomic E-state index is 12.4. The number of hydrogen-bond donors (Lipinski definition) is 0. The molecule has 0 bridgehead atoms. The number of hydrogen-bond acceptors (Lipinski definition) is 3. The highest BCUT2D eigenvalue weighted by Crippen LogP contribution is 2.28. The molecule has 0 radical (unpaired) electrons. The Kier molecular flexibility index (Phi) is 4.81. The Morgan fingerprint density at radius 3 is 2.50 bits per heavy atom. The summed E-state index contributed by atoms with van der Waals surface area (Å²) in [5.74, 6) is 0.153. The minimum absolute atomic E-state index is 0.153. The van der Waals surface area contributed by atoms with Crippen molar-refractivity contribution in [3.05, 3.63) is 57.2 Å². The van der Waals surface area contributed by atoms with Gasteiger partial charge in [-0.1, -0.05) is 35.9 Å². The molecule has 3 nitrogen and oxygen atoms in total. The molecular weight excluding hydrogens is 316 g/mol. The van der Waals surface area contributed by atoms with Crippen LogP contribution in [0.25, 0.3) is 0 Å². The maximum Gasteiger partial charge on any atom is 0.264 e. The van der Waals surface area contributed by atoms with Gasteiger partial charge in [-0.2, -0.15) is 0 Å². The lowest BCUT2D eigenvalue weighted by Gasteiger charge is -2.38. The number of amides is 1. The molecule has 0 aliphatic carbocycles. The van der Waals surface area contributed by atoms with Gasteiger partial charge in [0.05, 0.1) is 4.88 Å². The molecule has 1 fully saturated rings. The van der Waals surface area contributed by atoms with E-state index in [1.165, 1.54) is 11.3 Å². The zero-order chi connectivity index (χ0) is 15.5. The van der Waals surface area contributed by atoms with E-state index in [1.54, 1.807) is 0 Å². The highest BCUT2D eigenvalue weighted by atomic mass is 35.5. The summed E-state index contributed by atoms with van der Waals surface area (Å²) in [7, 11) is 0. The SMILES string of the molecule is CC(c1ccccc1Cl)N1CCN(C(=O)c2cccs2)CC1. The van der Waals surface area contributed by atoms with Crippen molar-refractivity contribution in [2.24, 2.45) is 0 Å². The fraction of sp³-hybridized carbons (Fsp3) is 0.353. The van der Waals surface area contributed by atoms with Crippen molar-refractivity contribution in [2.75, 3.05) is 26.2 Å². The molecule has 3 rings (SSSR count). The lowest BCUT2D eigenvalue weighted by atomic mass is 10.1. The second-order valence-electron chi connectivity index (χ2n) is 5.50. The monoisotopic (exact) mass is 334 g/mol. The van der Waals surface area contributed by atoms with Gasteiger partial charge in [-0.05, 0) is 30.0 Å². The van der Waals surface area contributed by atoms with E-state index < -0.39 is 0 Å². The van der Waals surface area contributed by atoms with E-state index in [-0.39, 0.29) is 11.9 Å². The molecule has 1 aliphatic rings. The first-order valence-electron chi connectivity index (χ1n) is 7.48. The van der Waals surface area contributed by atoms with Crippen LogP contribution < -0.4 is 0 Å². The van der Waals surface area contributed by atoms with Crippen molar-refractivity contribution in [3.8, 4) is 0 Å². The zero-order valence-electron chi connectivity index (χ0n) is 12.5. The molecule has 1 saturated heterocycles. The highest BCUT2D eigenvalue weighted by molar-refractivity contribution is 7.12. The van der Waals surface area contributed by atoms with Crippen molar-refractivity contribution in [3.63, 3.8) is 0 Å². The van der Waals surface area contributed by atoms with E-state index >= 15 is 0 Å². The molecule has 116 valence electrons. The lowest BCUT2D eigenvalue weighted by Crippen LogP contribution is -2.49. The molecule has 1 unspecified atom stereocenters. The molecule has 0 N–H and O–H groups in total. The van der Waals surface area contributed by atoms with E-state index in [9.17, 15) is 4.79 Å². The third kappa shape index (κ3) is 3.19. The van der Waals surface area contributed by atoms with Gasteiger partial charge in [-0.25, -0.2) is 0 Å². The lowest BCUT2D eigenvalue weighted by molar-refractivity contribution is 0.0586. The van der Waals surface area contributed by atoms with Gasteiger partial charge in [0.1, 0.15) is 0 Å². The van der Waals surface area contributed by atoms with Gasteiger partial charge in [-0.15, -0.1) is 11.3 Å². The number of thiophene rings is 1. The molecule has 2 aromatic rings. The molecule has 0 spiro atoms. The third-order valence-corrected chi connectivity index (χ3v) is 5.44. The summed E-state index contributed by atoms with van der Waals surface area (Å²) in [6.45, 7) is 5.47. The Bertz CT molecular complexity index is 636. The summed E-state index contributed by atoms with van der Waals surface area (Å²) in [5.41, 5.74) is 1.15. The number of halogens is 1. The van der Waals surface area contributed by atoms with Crippen LogP contribution >= 0.6 is 22.9 Å². The Morgan fingerprint density at radius 2 is 1.86 bits per heavy atom. The second-order valence-corrected chi connectivity index (χ2v) is 6.86. The summed E-state index contributed by atoms with van der Waals surface area (Å²) in [6.07, 6.45) is 0. The Hall–Kier alpha value is -1.36. The summed E-state index contributed by atoms with van der Waals surface area (Å²) in [6, 6.07) is 12.1. The molecule has 1 aromatic carbocycles. The molecule has 22 heavy (non-hydrogen) atoms. The number of benzene rings is 1. The van der Waals surface area contributed by atoms with Crippen LogP contribution in [-0.2, 0) is 0 Å². The molecular formula is C17H19ClN2OS. The first kappa shape index (κ1) is 15.5. The largest absolute Gasteiger partial charge is 0.335 e. The van der Waals surface area contributed by atoms with E-state index in [0.29, 0.717) is 0 Å². The fourth-order valence-corrected chi connectivity index (χ4v) is 3.86. The van der Waals surface area contributed by atoms with Crippen LogP contribution in [0.1, 0.15) is 28.2 Å². The van der Waals surface area contributed by atoms with Crippen molar-refractivity contribution >= 4 is 28.8 Å². The molecule has 1 aliphatic heterocycles. The van der Waals surface area contributed by atoms with E-state index in [0.717, 1.165) is 41.6 Å². The Morgan fingerprint density at radius 1 is 1.14 bits per heavy atom. The first-order valence-corrected chi connectivity index (χ1v) is 8.74. The number of nitrogens with zero attached hydrogens (tertiary/aromatic N) is 2. The summed E-state index contributed by atoms with van der Waals surface area (Å²) in [5, 5.41) is 2.76. The summed E-state index contributed by atoms with van der Waals surface area (Å²) >= 11 is 7.80. The topological polar surface area (TPSA) is 23.6 Å². The second kappa shape index (κ2) is 6.82. The number of rotatable bonds is 3. The van der Waals surface area contributed by atoms with Gasteiger partial charge in [0.25, 0.3) is 5.91 Å². The predicted octanol–water partition coefficient (Wildman–Crippen LogP) is 3.92. The standard InChI is InChI=1S/C17H19ClN2OS/c1-13(14-5-2-3-6-15(14)18)19-8-10-20(11-9-19)17(21)16-7-4-12-22-16/h2-7,12-13H,8-11H2,1H3. The molecule has 1 aromatic heterocycles. The van der Waals surface area contributed by atoms with Gasteiger partial charge in [0.15, 0.2) is 0 Å². The van der Waals surface area contributed by atoms with Crippen molar-refractivity contribution in [2.45, 2.75) is 13.0 Å². The van der Waals surface area contributed by atoms with E-state index in [1.807, 2.05) is 40.6 Å². The fourth-order valence-electron chi connectivity index (χ4n) is 2.88. The van der Waals surface area contributed by atoms with Gasteiger partial charge < -0.3 is 4.90 Å². The smallest absolute Gasteiger partial charge is 0.264 e. The molecule has 1 amide bonds. The molecule has 5 heteroatoms. The van der Waals surface area contributed by atoms with Gasteiger partial charge in [0, 0.05) is 37.2 Å². The van der Waals surface area contributed by atoms with Crippen LogP contribution in [0, 0.1) is 0 Å². The third-order valence-electron chi connectivity index (χ3n) is 4.24. The van der Waals surface area contributed by atoms with Crippen molar-refractivity contribution in [1.29, 1.82) is 0 Å². The first-order chi connectivity index (χ1) is 10.7. The normalized spacial score (nSPS) is 17.5. The zero-order valence-corrected chi connectivity index (χ0v) is 14.1. The molecule has 2 heterocycles. The number of carbonyl (C=O) groups is 1. The van der Waals surface area contributed by atoms with Crippen LogP contribution in [0.3, 0.4) is 0 Å². The van der Waals surface area contributed by atoms with Crippen LogP contribution in [0.15, 0.2) is 41.8 Å².